The van der Waals surface area contributed by atoms with Crippen molar-refractivity contribution >= 4 is 35.1 Å². The van der Waals surface area contributed by atoms with E-state index >= 15 is 0 Å². The summed E-state index contributed by atoms with van der Waals surface area (Å²) in [6.45, 7) is 3.43. The van der Waals surface area contributed by atoms with Gasteiger partial charge >= 0.3 is 6.03 Å². The van der Waals surface area contributed by atoms with Gasteiger partial charge in [-0.05, 0) is 37.8 Å². The molecule has 0 bridgehead atoms. The fourth-order valence-corrected chi connectivity index (χ4v) is 3.95. The van der Waals surface area contributed by atoms with Crippen LogP contribution < -0.4 is 16.0 Å². The van der Waals surface area contributed by atoms with Crippen LogP contribution in [0.1, 0.15) is 19.3 Å². The number of halogens is 2. The molecule has 0 aromatic carbocycles. The Morgan fingerprint density at radius 1 is 1.29 bits per heavy atom. The monoisotopic (exact) mass is 371 g/mol. The number of nitrogens with one attached hydrogen (secondary N) is 1. The Morgan fingerprint density at radius 2 is 2.04 bits per heavy atom. The Balaban J connectivity index is 1.50. The maximum Gasteiger partial charge on any atom is 0.317 e. The second-order valence-corrected chi connectivity index (χ2v) is 7.34. The van der Waals surface area contributed by atoms with Gasteiger partial charge in [0.15, 0.2) is 0 Å². The smallest absolute Gasteiger partial charge is 0.317 e. The van der Waals surface area contributed by atoms with Gasteiger partial charge in [-0.2, -0.15) is 0 Å². The number of hydrogen-bond donors (Lipinski definition) is 2. The first kappa shape index (κ1) is 17.6. The van der Waals surface area contributed by atoms with Gasteiger partial charge in [0.2, 0.25) is 0 Å². The molecule has 1 aliphatic carbocycles. The average Bonchev–Trinajstić information content (AvgIpc) is 3.03. The number of carbonyl (C=O) groups excluding carboxylic acids is 1. The molecule has 2 heterocycles. The van der Waals surface area contributed by atoms with Crippen molar-refractivity contribution in [3.05, 3.63) is 22.3 Å². The van der Waals surface area contributed by atoms with Crippen LogP contribution in [0, 0.1) is 5.92 Å². The number of anilines is 1. The van der Waals surface area contributed by atoms with Crippen LogP contribution in [0.5, 0.6) is 0 Å². The number of urea groups is 1. The van der Waals surface area contributed by atoms with Crippen LogP contribution in [0.3, 0.4) is 0 Å². The van der Waals surface area contributed by atoms with Crippen molar-refractivity contribution in [3.63, 3.8) is 0 Å². The second kappa shape index (κ2) is 7.76. The second-order valence-electron chi connectivity index (χ2n) is 6.49. The Morgan fingerprint density at radius 3 is 2.67 bits per heavy atom. The molecule has 3 rings (SSSR count). The summed E-state index contributed by atoms with van der Waals surface area (Å²) in [6.07, 6.45) is 4.72. The number of nitrogens with two attached hydrogens (primary N) is 1. The summed E-state index contributed by atoms with van der Waals surface area (Å²) in [5.41, 5.74) is 5.71. The number of nitrogens with zero attached hydrogens (tertiary/aromatic N) is 3. The highest BCUT2D eigenvalue weighted by Gasteiger charge is 2.28. The molecule has 132 valence electrons. The maximum atomic E-state index is 12.4. The van der Waals surface area contributed by atoms with Crippen molar-refractivity contribution in [3.8, 4) is 0 Å². The summed E-state index contributed by atoms with van der Waals surface area (Å²) >= 11 is 12.1. The minimum atomic E-state index is 0.0208. The van der Waals surface area contributed by atoms with Crippen molar-refractivity contribution in [2.75, 3.05) is 37.6 Å². The first-order chi connectivity index (χ1) is 11.6. The van der Waals surface area contributed by atoms with E-state index in [4.69, 9.17) is 28.9 Å². The molecule has 2 unspecified atom stereocenters. The third-order valence-corrected chi connectivity index (χ3v) is 5.34. The molecule has 1 saturated heterocycles. The molecule has 2 atom stereocenters. The SMILES string of the molecule is NCC1CCC(NC(=O)N2CCN(c3ncc(Cl)cc3Cl)CC2)C1. The molecule has 2 fully saturated rings. The van der Waals surface area contributed by atoms with E-state index in [1.807, 2.05) is 4.90 Å². The molecule has 6 nitrogen and oxygen atoms in total. The van der Waals surface area contributed by atoms with Crippen molar-refractivity contribution in [2.45, 2.75) is 25.3 Å². The molecule has 1 aliphatic heterocycles. The molecule has 2 aliphatic rings. The standard InChI is InChI=1S/C16H23Cl2N5O/c17-12-8-14(18)15(20-10-12)22-3-5-23(6-4-22)16(24)21-13-2-1-11(7-13)9-19/h8,10-11,13H,1-7,9,19H2,(H,21,24). The van der Waals surface area contributed by atoms with Crippen LogP contribution in [0.25, 0.3) is 0 Å². The van der Waals surface area contributed by atoms with Crippen LogP contribution in [0.2, 0.25) is 10.0 Å². The van der Waals surface area contributed by atoms with Crippen LogP contribution in [0.4, 0.5) is 10.6 Å². The number of pyridine rings is 1. The number of rotatable bonds is 3. The van der Waals surface area contributed by atoms with Gasteiger partial charge in [-0.25, -0.2) is 9.78 Å². The van der Waals surface area contributed by atoms with Crippen LogP contribution >= 0.6 is 23.2 Å². The summed E-state index contributed by atoms with van der Waals surface area (Å²) in [6, 6.07) is 1.97. The fraction of sp³-hybridized carbons (Fsp3) is 0.625. The van der Waals surface area contributed by atoms with E-state index in [0.717, 1.165) is 25.1 Å². The number of piperazine rings is 1. The molecular formula is C16H23Cl2N5O. The van der Waals surface area contributed by atoms with E-state index in [2.05, 4.69) is 15.2 Å². The number of hydrogen-bond acceptors (Lipinski definition) is 4. The maximum absolute atomic E-state index is 12.4. The first-order valence-corrected chi connectivity index (χ1v) is 9.14. The van der Waals surface area contributed by atoms with Gasteiger partial charge in [-0.1, -0.05) is 23.2 Å². The summed E-state index contributed by atoms with van der Waals surface area (Å²) in [4.78, 5) is 20.7. The Kier molecular flexibility index (Phi) is 5.69. The molecule has 0 radical (unpaired) electrons. The van der Waals surface area contributed by atoms with Crippen molar-refractivity contribution in [2.24, 2.45) is 11.7 Å². The third kappa shape index (κ3) is 4.05. The highest BCUT2D eigenvalue weighted by molar-refractivity contribution is 6.36. The number of aromatic nitrogens is 1. The predicted octanol–water partition coefficient (Wildman–Crippen LogP) is 2.35. The molecule has 0 spiro atoms. The van der Waals surface area contributed by atoms with E-state index < -0.39 is 0 Å². The van der Waals surface area contributed by atoms with Crippen LogP contribution in [0.15, 0.2) is 12.3 Å². The lowest BCUT2D eigenvalue weighted by molar-refractivity contribution is 0.190. The van der Waals surface area contributed by atoms with Gasteiger partial charge in [0.1, 0.15) is 5.82 Å². The van der Waals surface area contributed by atoms with Crippen LogP contribution in [-0.4, -0.2) is 54.7 Å². The highest BCUT2D eigenvalue weighted by Crippen LogP contribution is 2.27. The van der Waals surface area contributed by atoms with E-state index in [-0.39, 0.29) is 12.1 Å². The van der Waals surface area contributed by atoms with Gasteiger partial charge in [-0.15, -0.1) is 0 Å². The minimum Gasteiger partial charge on any atom is -0.352 e. The van der Waals surface area contributed by atoms with Gasteiger partial charge in [0.25, 0.3) is 0 Å². The quantitative estimate of drug-likeness (QED) is 0.854. The lowest BCUT2D eigenvalue weighted by Crippen LogP contribution is -2.53. The normalized spacial score (nSPS) is 24.3. The lowest BCUT2D eigenvalue weighted by atomic mass is 10.1. The van der Waals surface area contributed by atoms with Gasteiger partial charge in [0.05, 0.1) is 10.0 Å². The molecule has 2 amide bonds. The van der Waals surface area contributed by atoms with Gasteiger partial charge in [-0.3, -0.25) is 0 Å². The Bertz CT molecular complexity index is 592. The largest absolute Gasteiger partial charge is 0.352 e. The molecule has 1 aromatic heterocycles. The molecule has 1 aromatic rings. The Hall–Kier alpha value is -1.24. The zero-order valence-electron chi connectivity index (χ0n) is 13.5. The first-order valence-electron chi connectivity index (χ1n) is 8.38. The van der Waals surface area contributed by atoms with Gasteiger partial charge in [0, 0.05) is 38.4 Å². The zero-order chi connectivity index (χ0) is 17.1. The number of carbonyl (C=O) groups is 1. The third-order valence-electron chi connectivity index (χ3n) is 4.86. The fourth-order valence-electron chi connectivity index (χ4n) is 3.45. The van der Waals surface area contributed by atoms with E-state index in [1.165, 1.54) is 0 Å². The zero-order valence-corrected chi connectivity index (χ0v) is 15.1. The number of amides is 2. The molecule has 3 N–H and O–H groups in total. The summed E-state index contributed by atoms with van der Waals surface area (Å²) in [7, 11) is 0. The summed E-state index contributed by atoms with van der Waals surface area (Å²) in [5, 5.41) is 4.20. The lowest BCUT2D eigenvalue weighted by Gasteiger charge is -2.36. The molecule has 24 heavy (non-hydrogen) atoms. The molecule has 8 heteroatoms. The molecular weight excluding hydrogens is 349 g/mol. The summed E-state index contributed by atoms with van der Waals surface area (Å²) in [5.74, 6) is 1.27. The highest BCUT2D eigenvalue weighted by atomic mass is 35.5. The van der Waals surface area contributed by atoms with Crippen LogP contribution in [-0.2, 0) is 0 Å². The topological polar surface area (TPSA) is 74.5 Å². The van der Waals surface area contributed by atoms with E-state index in [9.17, 15) is 4.79 Å². The predicted molar refractivity (Wildman–Crippen MR) is 96.8 cm³/mol. The van der Waals surface area contributed by atoms with Crippen molar-refractivity contribution in [1.29, 1.82) is 0 Å². The molecule has 1 saturated carbocycles. The summed E-state index contributed by atoms with van der Waals surface area (Å²) < 4.78 is 0. The van der Waals surface area contributed by atoms with Crippen molar-refractivity contribution < 1.29 is 4.79 Å². The average molecular weight is 372 g/mol. The minimum absolute atomic E-state index is 0.0208. The van der Waals surface area contributed by atoms with E-state index in [1.54, 1.807) is 12.3 Å². The van der Waals surface area contributed by atoms with Crippen molar-refractivity contribution in [1.82, 2.24) is 15.2 Å². The van der Waals surface area contributed by atoms with Gasteiger partial charge < -0.3 is 20.9 Å². The Labute approximate surface area is 152 Å². The van der Waals surface area contributed by atoms with E-state index in [0.29, 0.717) is 48.7 Å².